The number of para-hydroxylation sites is 3. The molecule has 9 rings (SSSR count). The molecular formula is C41H26N4O. The minimum atomic E-state index is 0.605. The van der Waals surface area contributed by atoms with Crippen LogP contribution >= 0.6 is 0 Å². The maximum atomic E-state index is 6.16. The molecule has 0 atom stereocenters. The summed E-state index contributed by atoms with van der Waals surface area (Å²) in [6.45, 7) is 0. The molecule has 9 aromatic rings. The van der Waals surface area contributed by atoms with Gasteiger partial charge in [-0.15, -0.1) is 0 Å². The van der Waals surface area contributed by atoms with Crippen LogP contribution in [0.25, 0.3) is 83.9 Å². The maximum absolute atomic E-state index is 6.16. The number of benzene rings is 6. The van der Waals surface area contributed by atoms with Gasteiger partial charge in [0.1, 0.15) is 5.52 Å². The summed E-state index contributed by atoms with van der Waals surface area (Å²) >= 11 is 0. The highest BCUT2D eigenvalue weighted by Crippen LogP contribution is 2.36. The molecule has 46 heavy (non-hydrogen) atoms. The lowest BCUT2D eigenvalue weighted by Crippen LogP contribution is -1.98. The highest BCUT2D eigenvalue weighted by molar-refractivity contribution is 6.10. The minimum absolute atomic E-state index is 0.605. The van der Waals surface area contributed by atoms with Crippen LogP contribution in [0.15, 0.2) is 162 Å². The van der Waals surface area contributed by atoms with Crippen LogP contribution in [0.4, 0.5) is 0 Å². The first-order valence-corrected chi connectivity index (χ1v) is 15.3. The lowest BCUT2D eigenvalue weighted by molar-refractivity contribution is 0.620. The molecule has 0 fully saturated rings. The van der Waals surface area contributed by atoms with Gasteiger partial charge in [0.15, 0.2) is 11.4 Å². The summed E-state index contributed by atoms with van der Waals surface area (Å²) in [6.07, 6.45) is 0. The molecule has 6 aromatic carbocycles. The molecule has 5 heteroatoms. The van der Waals surface area contributed by atoms with E-state index < -0.39 is 0 Å². The highest BCUT2D eigenvalue weighted by atomic mass is 16.3. The number of hydrogen-bond acceptors (Lipinski definition) is 4. The second kappa shape index (κ2) is 10.7. The van der Waals surface area contributed by atoms with Crippen molar-refractivity contribution in [2.24, 2.45) is 0 Å². The molecule has 0 amide bonds. The van der Waals surface area contributed by atoms with Gasteiger partial charge in [0.05, 0.1) is 22.4 Å². The Bertz CT molecular complexity index is 2440. The Labute approximate surface area is 265 Å². The predicted octanol–water partition coefficient (Wildman–Crippen LogP) is 10.4. The first-order valence-electron chi connectivity index (χ1n) is 15.3. The topological polar surface area (TPSA) is 56.7 Å². The third-order valence-corrected chi connectivity index (χ3v) is 8.44. The van der Waals surface area contributed by atoms with Crippen molar-refractivity contribution in [3.05, 3.63) is 158 Å². The monoisotopic (exact) mass is 590 g/mol. The summed E-state index contributed by atoms with van der Waals surface area (Å²) in [6, 6.07) is 53.9. The summed E-state index contributed by atoms with van der Waals surface area (Å²) < 4.78 is 8.46. The van der Waals surface area contributed by atoms with Crippen molar-refractivity contribution >= 4 is 32.9 Å². The van der Waals surface area contributed by atoms with Crippen molar-refractivity contribution in [1.82, 2.24) is 19.5 Å². The van der Waals surface area contributed by atoms with Gasteiger partial charge in [0, 0.05) is 38.7 Å². The number of fused-ring (bicyclic) bond motifs is 4. The van der Waals surface area contributed by atoms with E-state index in [1.807, 2.05) is 60.7 Å². The van der Waals surface area contributed by atoms with Crippen molar-refractivity contribution in [2.45, 2.75) is 0 Å². The Balaban J connectivity index is 1.23. The summed E-state index contributed by atoms with van der Waals surface area (Å²) in [5, 5.41) is 2.34. The van der Waals surface area contributed by atoms with Gasteiger partial charge in [0.2, 0.25) is 5.89 Å². The normalized spacial score (nSPS) is 11.5. The zero-order chi connectivity index (χ0) is 30.5. The minimum Gasteiger partial charge on any atom is -0.436 e. The van der Waals surface area contributed by atoms with E-state index in [1.165, 1.54) is 5.39 Å². The van der Waals surface area contributed by atoms with Crippen molar-refractivity contribution in [1.29, 1.82) is 0 Å². The lowest BCUT2D eigenvalue weighted by atomic mass is 10.1. The van der Waals surface area contributed by atoms with Gasteiger partial charge in [0.25, 0.3) is 0 Å². The summed E-state index contributed by atoms with van der Waals surface area (Å²) in [7, 11) is 0. The molecule has 0 N–H and O–H groups in total. The molecule has 0 radical (unpaired) electrons. The van der Waals surface area contributed by atoms with Crippen LogP contribution in [-0.2, 0) is 0 Å². The molecular weight excluding hydrogens is 564 g/mol. The van der Waals surface area contributed by atoms with Gasteiger partial charge in [-0.1, -0.05) is 109 Å². The molecule has 0 aliphatic rings. The van der Waals surface area contributed by atoms with Crippen molar-refractivity contribution < 1.29 is 4.42 Å². The first kappa shape index (κ1) is 26.1. The Morgan fingerprint density at radius 3 is 1.85 bits per heavy atom. The molecule has 0 aliphatic heterocycles. The van der Waals surface area contributed by atoms with Crippen LogP contribution < -0.4 is 0 Å². The van der Waals surface area contributed by atoms with Crippen LogP contribution in [0, 0.1) is 0 Å². The van der Waals surface area contributed by atoms with Crippen molar-refractivity contribution in [3.8, 4) is 51.0 Å². The van der Waals surface area contributed by atoms with Gasteiger partial charge < -0.3 is 8.98 Å². The van der Waals surface area contributed by atoms with E-state index in [0.29, 0.717) is 11.7 Å². The third-order valence-electron chi connectivity index (χ3n) is 8.44. The fourth-order valence-corrected chi connectivity index (χ4v) is 6.25. The lowest BCUT2D eigenvalue weighted by Gasteiger charge is -2.12. The standard InChI is InChI=1S/C41H26N4O/c1-3-12-27(13-4-1)35-26-36(28-14-5-2-6-15-28)43-40(42-35)29-16-11-17-31(24-29)45-37-20-9-7-18-32(37)33-23-22-30(25-38(33)45)41-44-34-19-8-10-21-39(34)46-41/h1-26H. The molecule has 0 saturated heterocycles. The molecule has 3 aromatic heterocycles. The smallest absolute Gasteiger partial charge is 0.227 e. The molecule has 0 aliphatic carbocycles. The molecule has 0 saturated carbocycles. The van der Waals surface area contributed by atoms with E-state index in [4.69, 9.17) is 19.4 Å². The quantitative estimate of drug-likeness (QED) is 0.200. The van der Waals surface area contributed by atoms with E-state index in [2.05, 4.69) is 102 Å². The zero-order valence-electron chi connectivity index (χ0n) is 24.7. The fraction of sp³-hybridized carbons (Fsp3) is 0. The van der Waals surface area contributed by atoms with Crippen LogP contribution in [0.5, 0.6) is 0 Å². The fourth-order valence-electron chi connectivity index (χ4n) is 6.25. The van der Waals surface area contributed by atoms with Gasteiger partial charge >= 0.3 is 0 Å². The maximum Gasteiger partial charge on any atom is 0.227 e. The molecule has 0 spiro atoms. The average molecular weight is 591 g/mol. The Morgan fingerprint density at radius 1 is 0.435 bits per heavy atom. The first-order chi connectivity index (χ1) is 22.8. The third kappa shape index (κ3) is 4.45. The average Bonchev–Trinajstić information content (AvgIpc) is 3.72. The van der Waals surface area contributed by atoms with Crippen LogP contribution in [0.3, 0.4) is 0 Å². The summed E-state index contributed by atoms with van der Waals surface area (Å²) in [4.78, 5) is 14.9. The van der Waals surface area contributed by atoms with Crippen molar-refractivity contribution in [2.75, 3.05) is 0 Å². The van der Waals surface area contributed by atoms with Crippen LogP contribution in [0.2, 0.25) is 0 Å². The molecule has 3 heterocycles. The van der Waals surface area contributed by atoms with E-state index in [9.17, 15) is 0 Å². The second-order valence-electron chi connectivity index (χ2n) is 11.3. The van der Waals surface area contributed by atoms with Gasteiger partial charge in [-0.2, -0.15) is 0 Å². The van der Waals surface area contributed by atoms with Crippen molar-refractivity contribution in [3.63, 3.8) is 0 Å². The Morgan fingerprint density at radius 2 is 1.09 bits per heavy atom. The van der Waals surface area contributed by atoms with Gasteiger partial charge in [-0.3, -0.25) is 0 Å². The Kier molecular flexibility index (Phi) is 6.06. The van der Waals surface area contributed by atoms with Crippen LogP contribution in [-0.4, -0.2) is 19.5 Å². The number of hydrogen-bond donors (Lipinski definition) is 0. The van der Waals surface area contributed by atoms with Gasteiger partial charge in [-0.05, 0) is 48.5 Å². The molecule has 0 unspecified atom stereocenters. The Hall–Kier alpha value is -6.33. The number of nitrogens with zero attached hydrogens (tertiary/aromatic N) is 4. The summed E-state index contributed by atoms with van der Waals surface area (Å²) in [5.41, 5.74) is 10.6. The molecule has 216 valence electrons. The van der Waals surface area contributed by atoms with E-state index in [-0.39, 0.29) is 0 Å². The zero-order valence-corrected chi connectivity index (χ0v) is 24.7. The second-order valence-corrected chi connectivity index (χ2v) is 11.3. The largest absolute Gasteiger partial charge is 0.436 e. The van der Waals surface area contributed by atoms with E-state index in [1.54, 1.807) is 0 Å². The van der Waals surface area contributed by atoms with Crippen LogP contribution in [0.1, 0.15) is 0 Å². The predicted molar refractivity (Wildman–Crippen MR) is 186 cm³/mol. The number of oxazole rings is 1. The van der Waals surface area contributed by atoms with E-state index in [0.717, 1.165) is 66.8 Å². The SMILES string of the molecule is c1ccc(-c2cc(-c3ccccc3)nc(-c3cccc(-n4c5ccccc5c5ccc(-c6nc7ccccc7o6)cc54)c3)n2)cc1. The van der Waals surface area contributed by atoms with E-state index >= 15 is 0 Å². The van der Waals surface area contributed by atoms with Gasteiger partial charge in [-0.25, -0.2) is 15.0 Å². The molecule has 0 bridgehead atoms. The highest BCUT2D eigenvalue weighted by Gasteiger charge is 2.17. The summed E-state index contributed by atoms with van der Waals surface area (Å²) in [5.74, 6) is 1.28. The number of rotatable bonds is 5. The molecule has 5 nitrogen and oxygen atoms in total. The number of aromatic nitrogens is 4.